The monoisotopic (exact) mass is 384 g/mol. The number of nitrogens with zero attached hydrogens (tertiary/aromatic N) is 2. The van der Waals surface area contributed by atoms with Crippen LogP contribution < -0.4 is 16.4 Å². The number of carbonyl (C=O) groups excluding carboxylic acids is 1. The summed E-state index contributed by atoms with van der Waals surface area (Å²) in [5, 5.41) is 2.70. The molecule has 6 heteroatoms. The SMILES string of the molecule is CCn1c(NNC(=O)c2ccc3c4c(cccc24)CC3)nc2ccccc2c1=O. The topological polar surface area (TPSA) is 76.0 Å². The Morgan fingerprint density at radius 1 is 1.00 bits per heavy atom. The van der Waals surface area contributed by atoms with E-state index in [1.165, 1.54) is 21.1 Å². The molecule has 1 amide bonds. The molecule has 29 heavy (non-hydrogen) atoms. The molecule has 3 aromatic carbocycles. The smallest absolute Gasteiger partial charge is 0.270 e. The number of hydrazine groups is 1. The van der Waals surface area contributed by atoms with E-state index in [2.05, 4.69) is 21.9 Å². The Morgan fingerprint density at radius 2 is 1.76 bits per heavy atom. The van der Waals surface area contributed by atoms with Crippen LogP contribution in [0.4, 0.5) is 5.95 Å². The van der Waals surface area contributed by atoms with Crippen LogP contribution in [0.1, 0.15) is 28.4 Å². The van der Waals surface area contributed by atoms with Gasteiger partial charge in [-0.15, -0.1) is 0 Å². The fourth-order valence-corrected chi connectivity index (χ4v) is 4.18. The van der Waals surface area contributed by atoms with Crippen LogP contribution in [0.25, 0.3) is 21.7 Å². The Hall–Kier alpha value is -3.67. The van der Waals surface area contributed by atoms with Crippen molar-refractivity contribution in [2.24, 2.45) is 0 Å². The molecule has 0 atom stereocenters. The molecule has 1 aliphatic carbocycles. The van der Waals surface area contributed by atoms with E-state index in [9.17, 15) is 9.59 Å². The third-order valence-corrected chi connectivity index (χ3v) is 5.59. The van der Waals surface area contributed by atoms with E-state index in [0.29, 0.717) is 29.0 Å². The Morgan fingerprint density at radius 3 is 2.59 bits per heavy atom. The standard InChI is InChI=1S/C23H20N4O2/c1-2-27-22(29)18-7-3-4-9-19(18)24-23(27)26-25-21(28)17-13-12-15-11-10-14-6-5-8-16(17)20(14)15/h3-9,12-13H,2,10-11H2,1H3,(H,24,26)(H,25,28). The maximum absolute atomic E-state index is 12.9. The van der Waals surface area contributed by atoms with Crippen molar-refractivity contribution in [2.75, 3.05) is 5.43 Å². The van der Waals surface area contributed by atoms with Gasteiger partial charge in [0, 0.05) is 12.1 Å². The highest BCUT2D eigenvalue weighted by Gasteiger charge is 2.19. The minimum absolute atomic E-state index is 0.139. The van der Waals surface area contributed by atoms with E-state index in [1.54, 1.807) is 12.1 Å². The van der Waals surface area contributed by atoms with Crippen molar-refractivity contribution in [3.8, 4) is 0 Å². The van der Waals surface area contributed by atoms with Gasteiger partial charge in [-0.2, -0.15) is 0 Å². The van der Waals surface area contributed by atoms with Crippen LogP contribution >= 0.6 is 0 Å². The molecule has 0 unspecified atom stereocenters. The van der Waals surface area contributed by atoms with Crippen molar-refractivity contribution in [3.05, 3.63) is 81.6 Å². The van der Waals surface area contributed by atoms with Crippen molar-refractivity contribution >= 4 is 33.5 Å². The molecule has 1 aromatic heterocycles. The Bertz CT molecular complexity index is 1330. The zero-order valence-electron chi connectivity index (χ0n) is 16.0. The molecule has 0 spiro atoms. The number of fused-ring (bicyclic) bond motifs is 1. The Labute approximate surface area is 167 Å². The third-order valence-electron chi connectivity index (χ3n) is 5.59. The van der Waals surface area contributed by atoms with Crippen LogP contribution in [-0.2, 0) is 19.4 Å². The normalized spacial score (nSPS) is 12.4. The minimum Gasteiger partial charge on any atom is -0.277 e. The first-order valence-corrected chi connectivity index (χ1v) is 9.77. The predicted octanol–water partition coefficient (Wildman–Crippen LogP) is 3.43. The number of hydrogen-bond acceptors (Lipinski definition) is 4. The van der Waals surface area contributed by atoms with Gasteiger partial charge in [-0.05, 0) is 59.9 Å². The summed E-state index contributed by atoms with van der Waals surface area (Å²) in [5.74, 6) is 0.0566. The first kappa shape index (κ1) is 17.4. The lowest BCUT2D eigenvalue weighted by molar-refractivity contribution is 0.0963. The van der Waals surface area contributed by atoms with Crippen molar-refractivity contribution in [2.45, 2.75) is 26.3 Å². The number of benzene rings is 3. The molecule has 0 radical (unpaired) electrons. The summed E-state index contributed by atoms with van der Waals surface area (Å²) in [7, 11) is 0. The highest BCUT2D eigenvalue weighted by molar-refractivity contribution is 6.09. The van der Waals surface area contributed by atoms with Gasteiger partial charge in [0.25, 0.3) is 11.5 Å². The fraction of sp³-hybridized carbons (Fsp3) is 0.174. The summed E-state index contributed by atoms with van der Waals surface area (Å²) in [5.41, 5.74) is 9.21. The highest BCUT2D eigenvalue weighted by atomic mass is 16.2. The van der Waals surface area contributed by atoms with Crippen LogP contribution in [0.5, 0.6) is 0 Å². The van der Waals surface area contributed by atoms with Crippen molar-refractivity contribution in [3.63, 3.8) is 0 Å². The average molecular weight is 384 g/mol. The summed E-state index contributed by atoms with van der Waals surface area (Å²) in [6.45, 7) is 2.31. The fourth-order valence-electron chi connectivity index (χ4n) is 4.18. The minimum atomic E-state index is -0.259. The molecule has 0 aliphatic heterocycles. The van der Waals surface area contributed by atoms with Crippen molar-refractivity contribution in [1.82, 2.24) is 15.0 Å². The summed E-state index contributed by atoms with van der Waals surface area (Å²) >= 11 is 0. The van der Waals surface area contributed by atoms with Gasteiger partial charge in [0.2, 0.25) is 5.95 Å². The van der Waals surface area contributed by atoms with Gasteiger partial charge in [0.1, 0.15) is 0 Å². The molecular formula is C23H20N4O2. The first-order chi connectivity index (χ1) is 14.2. The molecule has 6 nitrogen and oxygen atoms in total. The Balaban J connectivity index is 1.49. The number of hydrogen-bond donors (Lipinski definition) is 2. The Kier molecular flexibility index (Phi) is 4.05. The zero-order chi connectivity index (χ0) is 20.0. The average Bonchev–Trinajstić information content (AvgIpc) is 3.17. The number of amides is 1. The second-order valence-corrected chi connectivity index (χ2v) is 7.19. The zero-order valence-corrected chi connectivity index (χ0v) is 16.0. The first-order valence-electron chi connectivity index (χ1n) is 9.77. The molecule has 1 heterocycles. The van der Waals surface area contributed by atoms with Gasteiger partial charge >= 0.3 is 0 Å². The molecule has 5 rings (SSSR count). The van der Waals surface area contributed by atoms with E-state index in [1.807, 2.05) is 43.3 Å². The third kappa shape index (κ3) is 2.76. The highest BCUT2D eigenvalue weighted by Crippen LogP contribution is 2.32. The van der Waals surface area contributed by atoms with Crippen LogP contribution in [0, 0.1) is 0 Å². The second-order valence-electron chi connectivity index (χ2n) is 7.19. The molecule has 0 bridgehead atoms. The van der Waals surface area contributed by atoms with Gasteiger partial charge < -0.3 is 0 Å². The van der Waals surface area contributed by atoms with E-state index >= 15 is 0 Å². The number of nitrogens with one attached hydrogen (secondary N) is 2. The van der Waals surface area contributed by atoms with Crippen LogP contribution in [0.15, 0.2) is 59.4 Å². The van der Waals surface area contributed by atoms with Gasteiger partial charge in [0.05, 0.1) is 10.9 Å². The van der Waals surface area contributed by atoms with Crippen LogP contribution in [0.3, 0.4) is 0 Å². The van der Waals surface area contributed by atoms with Gasteiger partial charge in [-0.3, -0.25) is 25.0 Å². The van der Waals surface area contributed by atoms with Gasteiger partial charge in [-0.1, -0.05) is 36.4 Å². The largest absolute Gasteiger partial charge is 0.277 e. The lowest BCUT2D eigenvalue weighted by Crippen LogP contribution is -2.34. The number of para-hydroxylation sites is 1. The quantitative estimate of drug-likeness (QED) is 0.529. The number of anilines is 1. The number of rotatable bonds is 4. The molecular weight excluding hydrogens is 364 g/mol. The lowest BCUT2D eigenvalue weighted by atomic mass is 10.00. The molecule has 0 saturated carbocycles. The maximum Gasteiger partial charge on any atom is 0.270 e. The van der Waals surface area contributed by atoms with E-state index < -0.39 is 0 Å². The molecule has 0 fully saturated rings. The van der Waals surface area contributed by atoms with E-state index in [4.69, 9.17) is 0 Å². The van der Waals surface area contributed by atoms with Crippen LogP contribution in [-0.4, -0.2) is 15.5 Å². The van der Waals surface area contributed by atoms with Crippen LogP contribution in [0.2, 0.25) is 0 Å². The van der Waals surface area contributed by atoms with E-state index in [-0.39, 0.29) is 11.5 Å². The predicted molar refractivity (Wildman–Crippen MR) is 114 cm³/mol. The maximum atomic E-state index is 12.9. The molecule has 1 aliphatic rings. The summed E-state index contributed by atoms with van der Waals surface area (Å²) in [6.07, 6.45) is 2.03. The lowest BCUT2D eigenvalue weighted by Gasteiger charge is -2.15. The number of carbonyl (C=O) groups is 1. The number of aryl methyl sites for hydroxylation is 2. The van der Waals surface area contributed by atoms with Crippen molar-refractivity contribution < 1.29 is 4.79 Å². The number of aromatic nitrogens is 2. The summed E-state index contributed by atoms with van der Waals surface area (Å²) in [6, 6.07) is 17.2. The van der Waals surface area contributed by atoms with Crippen molar-refractivity contribution in [1.29, 1.82) is 0 Å². The summed E-state index contributed by atoms with van der Waals surface area (Å²) in [4.78, 5) is 30.2. The van der Waals surface area contributed by atoms with Gasteiger partial charge in [0.15, 0.2) is 0 Å². The summed E-state index contributed by atoms with van der Waals surface area (Å²) < 4.78 is 1.51. The molecule has 0 saturated heterocycles. The molecule has 144 valence electrons. The van der Waals surface area contributed by atoms with E-state index in [0.717, 1.165) is 18.2 Å². The molecule has 2 N–H and O–H groups in total. The second kappa shape index (κ2) is 6.74. The van der Waals surface area contributed by atoms with Gasteiger partial charge in [-0.25, -0.2) is 4.98 Å². The molecule has 4 aromatic rings.